The summed E-state index contributed by atoms with van der Waals surface area (Å²) in [5.41, 5.74) is 6.11. The number of alkyl halides is 1. The van der Waals surface area contributed by atoms with Gasteiger partial charge in [-0.15, -0.1) is 11.6 Å². The van der Waals surface area contributed by atoms with Crippen molar-refractivity contribution < 1.29 is 9.90 Å². The summed E-state index contributed by atoms with van der Waals surface area (Å²) in [5, 5.41) is 9.34. The summed E-state index contributed by atoms with van der Waals surface area (Å²) in [7, 11) is 0. The number of Topliss-reactive ketones (excluding diaryl/α,β-unsaturated/α-hetero) is 1. The zero-order valence-corrected chi connectivity index (χ0v) is 7.71. The molecule has 0 heterocycles. The summed E-state index contributed by atoms with van der Waals surface area (Å²) in [6, 6.07) is 4.42. The average Bonchev–Trinajstić information content (AvgIpc) is 2.04. The first-order chi connectivity index (χ1) is 6.15. The lowest BCUT2D eigenvalue weighted by Gasteiger charge is -2.02. The molecule has 13 heavy (non-hydrogen) atoms. The Balaban J connectivity index is 2.95. The van der Waals surface area contributed by atoms with Gasteiger partial charge in [0, 0.05) is 24.1 Å². The minimum Gasteiger partial charge on any atom is -0.507 e. The van der Waals surface area contributed by atoms with E-state index in [0.29, 0.717) is 5.69 Å². The van der Waals surface area contributed by atoms with Gasteiger partial charge in [-0.1, -0.05) is 0 Å². The highest BCUT2D eigenvalue weighted by atomic mass is 35.5. The molecule has 3 N–H and O–H groups in total. The highest BCUT2D eigenvalue weighted by molar-refractivity contribution is 6.19. The van der Waals surface area contributed by atoms with Crippen LogP contribution in [0.25, 0.3) is 0 Å². The van der Waals surface area contributed by atoms with Crippen molar-refractivity contribution in [1.82, 2.24) is 0 Å². The van der Waals surface area contributed by atoms with Gasteiger partial charge >= 0.3 is 0 Å². The quantitative estimate of drug-likeness (QED) is 0.443. The normalized spacial score (nSPS) is 9.92. The first kappa shape index (κ1) is 9.86. The van der Waals surface area contributed by atoms with Crippen molar-refractivity contribution in [3.63, 3.8) is 0 Å². The Labute approximate surface area is 81.1 Å². The lowest BCUT2D eigenvalue weighted by molar-refractivity contribution is 0.0986. The minimum absolute atomic E-state index is 0.0879. The fraction of sp³-hybridized carbons (Fsp3) is 0.222. The van der Waals surface area contributed by atoms with E-state index in [0.717, 1.165) is 0 Å². The van der Waals surface area contributed by atoms with Crippen molar-refractivity contribution in [3.05, 3.63) is 23.8 Å². The van der Waals surface area contributed by atoms with E-state index < -0.39 is 0 Å². The maximum absolute atomic E-state index is 11.3. The van der Waals surface area contributed by atoms with Crippen molar-refractivity contribution in [1.29, 1.82) is 0 Å². The lowest BCUT2D eigenvalue weighted by atomic mass is 10.1. The minimum atomic E-state index is -0.174. The second-order valence-corrected chi connectivity index (χ2v) is 3.02. The van der Waals surface area contributed by atoms with Gasteiger partial charge in [-0.25, -0.2) is 0 Å². The van der Waals surface area contributed by atoms with Gasteiger partial charge in [-0.3, -0.25) is 4.79 Å². The number of rotatable bonds is 3. The maximum atomic E-state index is 11.3. The van der Waals surface area contributed by atoms with E-state index in [1.54, 1.807) is 6.07 Å². The number of benzene rings is 1. The largest absolute Gasteiger partial charge is 0.507 e. The molecule has 0 radical (unpaired) electrons. The van der Waals surface area contributed by atoms with Crippen LogP contribution in [0.2, 0.25) is 0 Å². The molecule has 0 fully saturated rings. The third-order valence-electron chi connectivity index (χ3n) is 1.64. The molecule has 70 valence electrons. The van der Waals surface area contributed by atoms with Crippen molar-refractivity contribution in [2.75, 3.05) is 11.6 Å². The van der Waals surface area contributed by atoms with Crippen LogP contribution in [0.4, 0.5) is 5.69 Å². The highest BCUT2D eigenvalue weighted by Crippen LogP contribution is 2.21. The molecule has 0 amide bonds. The van der Waals surface area contributed by atoms with Crippen LogP contribution in [0, 0.1) is 0 Å². The number of nitrogens with two attached hydrogens (primary N) is 1. The lowest BCUT2D eigenvalue weighted by Crippen LogP contribution is -2.00. The summed E-state index contributed by atoms with van der Waals surface area (Å²) in [6.07, 6.45) is 0.221. The van der Waals surface area contributed by atoms with Crippen LogP contribution in [0.15, 0.2) is 18.2 Å². The van der Waals surface area contributed by atoms with E-state index in [1.807, 2.05) is 0 Å². The third-order valence-corrected chi connectivity index (χ3v) is 1.83. The van der Waals surface area contributed by atoms with E-state index >= 15 is 0 Å². The first-order valence-electron chi connectivity index (χ1n) is 3.83. The molecule has 0 aliphatic heterocycles. The Hall–Kier alpha value is -1.22. The van der Waals surface area contributed by atoms with Gasteiger partial charge in [0.25, 0.3) is 0 Å². The van der Waals surface area contributed by atoms with Crippen molar-refractivity contribution >= 4 is 23.1 Å². The molecular formula is C9H10ClNO2. The molecule has 0 unspecified atom stereocenters. The SMILES string of the molecule is Nc1ccc(C(=O)CCCl)c(O)c1. The second-order valence-electron chi connectivity index (χ2n) is 2.64. The molecule has 1 aromatic carbocycles. The number of hydrogen-bond donors (Lipinski definition) is 2. The molecule has 3 nitrogen and oxygen atoms in total. The molecule has 4 heteroatoms. The zero-order valence-electron chi connectivity index (χ0n) is 6.96. The molecule has 0 aromatic heterocycles. The van der Waals surface area contributed by atoms with Gasteiger partial charge in [0.1, 0.15) is 5.75 Å². The van der Waals surface area contributed by atoms with Crippen molar-refractivity contribution in [2.45, 2.75) is 6.42 Å². The fourth-order valence-electron chi connectivity index (χ4n) is 1.00. The Morgan fingerprint density at radius 1 is 1.54 bits per heavy atom. The third kappa shape index (κ3) is 2.36. The topological polar surface area (TPSA) is 63.3 Å². The monoisotopic (exact) mass is 199 g/mol. The Morgan fingerprint density at radius 3 is 2.77 bits per heavy atom. The number of phenolic OH excluding ortho intramolecular Hbond substituents is 1. The van der Waals surface area contributed by atoms with E-state index in [4.69, 9.17) is 17.3 Å². The number of ketones is 1. The summed E-state index contributed by atoms with van der Waals surface area (Å²) in [4.78, 5) is 11.3. The molecule has 0 aliphatic carbocycles. The van der Waals surface area contributed by atoms with Crippen LogP contribution in [-0.2, 0) is 0 Å². The van der Waals surface area contributed by atoms with Crippen LogP contribution in [0.1, 0.15) is 16.8 Å². The molecular weight excluding hydrogens is 190 g/mol. The zero-order chi connectivity index (χ0) is 9.84. The van der Waals surface area contributed by atoms with Crippen molar-refractivity contribution in [3.8, 4) is 5.75 Å². The molecule has 0 saturated carbocycles. The summed E-state index contributed by atoms with van der Waals surface area (Å²) < 4.78 is 0. The van der Waals surface area contributed by atoms with Gasteiger partial charge in [-0.2, -0.15) is 0 Å². The van der Waals surface area contributed by atoms with Crippen molar-refractivity contribution in [2.24, 2.45) is 0 Å². The molecule has 1 aromatic rings. The van der Waals surface area contributed by atoms with Crippen LogP contribution >= 0.6 is 11.6 Å². The number of carbonyl (C=O) groups is 1. The van der Waals surface area contributed by atoms with Gasteiger partial charge in [0.15, 0.2) is 5.78 Å². The van der Waals surface area contributed by atoms with E-state index in [-0.39, 0.29) is 29.4 Å². The van der Waals surface area contributed by atoms with E-state index in [9.17, 15) is 9.90 Å². The van der Waals surface area contributed by atoms with Gasteiger partial charge in [0.05, 0.1) is 5.56 Å². The van der Waals surface area contributed by atoms with Crippen LogP contribution in [0.3, 0.4) is 0 Å². The summed E-state index contributed by atoms with van der Waals surface area (Å²) in [5.74, 6) is -0.00884. The summed E-state index contributed by atoms with van der Waals surface area (Å²) >= 11 is 5.40. The molecule has 0 saturated heterocycles. The number of anilines is 1. The number of nitrogen functional groups attached to an aromatic ring is 1. The second kappa shape index (κ2) is 4.14. The number of carbonyl (C=O) groups excluding carboxylic acids is 1. The van der Waals surface area contributed by atoms with E-state index in [1.165, 1.54) is 12.1 Å². The van der Waals surface area contributed by atoms with E-state index in [2.05, 4.69) is 0 Å². The molecule has 0 aliphatic rings. The molecule has 0 atom stereocenters. The van der Waals surface area contributed by atoms with Gasteiger partial charge in [-0.05, 0) is 12.1 Å². The molecule has 1 rings (SSSR count). The molecule has 0 bridgehead atoms. The van der Waals surface area contributed by atoms with Gasteiger partial charge < -0.3 is 10.8 Å². The molecule has 0 spiro atoms. The summed E-state index contributed by atoms with van der Waals surface area (Å²) in [6.45, 7) is 0. The van der Waals surface area contributed by atoms with Crippen LogP contribution in [-0.4, -0.2) is 16.8 Å². The number of halogens is 1. The Morgan fingerprint density at radius 2 is 2.23 bits per heavy atom. The predicted molar refractivity (Wildman–Crippen MR) is 52.2 cm³/mol. The Kier molecular flexibility index (Phi) is 3.14. The smallest absolute Gasteiger partial charge is 0.167 e. The predicted octanol–water partition coefficient (Wildman–Crippen LogP) is 1.79. The number of phenols is 1. The first-order valence-corrected chi connectivity index (χ1v) is 4.36. The number of aromatic hydroxyl groups is 1. The Bertz CT molecular complexity index is 325. The number of hydrogen-bond acceptors (Lipinski definition) is 3. The standard InChI is InChI=1S/C9H10ClNO2/c10-4-3-8(12)7-2-1-6(11)5-9(7)13/h1-2,5,13H,3-4,11H2. The highest BCUT2D eigenvalue weighted by Gasteiger charge is 2.09. The fourth-order valence-corrected chi connectivity index (χ4v) is 1.18. The van der Waals surface area contributed by atoms with Crippen LogP contribution in [0.5, 0.6) is 5.75 Å². The maximum Gasteiger partial charge on any atom is 0.167 e. The van der Waals surface area contributed by atoms with Crippen LogP contribution < -0.4 is 5.73 Å². The average molecular weight is 200 g/mol. The van der Waals surface area contributed by atoms with Gasteiger partial charge in [0.2, 0.25) is 0 Å².